The highest BCUT2D eigenvalue weighted by Crippen LogP contribution is 2.25. The van der Waals surface area contributed by atoms with Crippen molar-refractivity contribution in [3.05, 3.63) is 0 Å². The second kappa shape index (κ2) is 7.62. The average molecular weight is 259 g/mol. The molecule has 0 aromatic heterocycles. The van der Waals surface area contributed by atoms with E-state index >= 15 is 0 Å². The zero-order valence-corrected chi connectivity index (χ0v) is 11.6. The summed E-state index contributed by atoms with van der Waals surface area (Å²) in [4.78, 5) is 0. The second-order valence-corrected chi connectivity index (χ2v) is 6.47. The topological polar surface area (TPSA) is 30.5 Å². The molecule has 2 heterocycles. The molecule has 2 aliphatic heterocycles. The lowest BCUT2D eigenvalue weighted by molar-refractivity contribution is 0.0165. The van der Waals surface area contributed by atoms with Crippen molar-refractivity contribution in [1.82, 2.24) is 5.32 Å². The summed E-state index contributed by atoms with van der Waals surface area (Å²) in [6.07, 6.45) is 5.18. The molecular formula is C13H25NO2S. The first-order valence-corrected chi connectivity index (χ1v) is 7.95. The Morgan fingerprint density at radius 3 is 3.06 bits per heavy atom. The van der Waals surface area contributed by atoms with E-state index in [1.165, 1.54) is 25.0 Å². The summed E-state index contributed by atoms with van der Waals surface area (Å²) in [7, 11) is 0. The number of hydrogen-bond acceptors (Lipinski definition) is 4. The number of ether oxygens (including phenoxy) is 2. The lowest BCUT2D eigenvalue weighted by atomic mass is 10.2. The zero-order valence-electron chi connectivity index (χ0n) is 10.8. The molecule has 1 N–H and O–H groups in total. The van der Waals surface area contributed by atoms with E-state index in [0.29, 0.717) is 6.10 Å². The Hall–Kier alpha value is 0.230. The van der Waals surface area contributed by atoms with Gasteiger partial charge < -0.3 is 14.8 Å². The Labute approximate surface area is 109 Å². The van der Waals surface area contributed by atoms with E-state index in [0.717, 1.165) is 44.1 Å². The monoisotopic (exact) mass is 259 g/mol. The van der Waals surface area contributed by atoms with Gasteiger partial charge in [0.2, 0.25) is 0 Å². The predicted octanol–water partition coefficient (Wildman–Crippen LogP) is 2.06. The largest absolute Gasteiger partial charge is 0.379 e. The molecule has 0 saturated carbocycles. The van der Waals surface area contributed by atoms with Crippen LogP contribution in [0.1, 0.15) is 32.6 Å². The van der Waals surface area contributed by atoms with Gasteiger partial charge in [0.15, 0.2) is 0 Å². The van der Waals surface area contributed by atoms with Crippen molar-refractivity contribution < 1.29 is 9.47 Å². The van der Waals surface area contributed by atoms with Gasteiger partial charge in [0.1, 0.15) is 0 Å². The van der Waals surface area contributed by atoms with Crippen molar-refractivity contribution in [2.75, 3.05) is 32.1 Å². The Morgan fingerprint density at radius 2 is 2.35 bits per heavy atom. The van der Waals surface area contributed by atoms with E-state index in [9.17, 15) is 0 Å². The molecule has 0 bridgehead atoms. The molecule has 0 aliphatic carbocycles. The van der Waals surface area contributed by atoms with E-state index < -0.39 is 0 Å². The van der Waals surface area contributed by atoms with Crippen molar-refractivity contribution in [1.29, 1.82) is 0 Å². The van der Waals surface area contributed by atoms with Gasteiger partial charge in [0.05, 0.1) is 12.7 Å². The fraction of sp³-hybridized carbons (Fsp3) is 1.00. The van der Waals surface area contributed by atoms with Crippen LogP contribution >= 0.6 is 11.8 Å². The predicted molar refractivity (Wildman–Crippen MR) is 72.7 cm³/mol. The van der Waals surface area contributed by atoms with Crippen LogP contribution in [0.3, 0.4) is 0 Å². The lowest BCUT2D eigenvalue weighted by Gasteiger charge is -2.16. The Bertz CT molecular complexity index is 210. The molecule has 0 amide bonds. The molecule has 3 atom stereocenters. The highest BCUT2D eigenvalue weighted by molar-refractivity contribution is 8.00. The SMILES string of the molecule is CC1SCCC1NCCCOCC1CCCO1. The maximum atomic E-state index is 5.64. The van der Waals surface area contributed by atoms with Crippen molar-refractivity contribution in [3.63, 3.8) is 0 Å². The van der Waals surface area contributed by atoms with Gasteiger partial charge in [-0.2, -0.15) is 11.8 Å². The Morgan fingerprint density at radius 1 is 1.41 bits per heavy atom. The molecule has 100 valence electrons. The lowest BCUT2D eigenvalue weighted by Crippen LogP contribution is -2.34. The molecule has 0 aromatic carbocycles. The van der Waals surface area contributed by atoms with E-state index in [1.54, 1.807) is 0 Å². The molecular weight excluding hydrogens is 234 g/mol. The summed E-state index contributed by atoms with van der Waals surface area (Å²) in [5.41, 5.74) is 0. The number of hydrogen-bond donors (Lipinski definition) is 1. The Kier molecular flexibility index (Phi) is 6.12. The van der Waals surface area contributed by atoms with Crippen LogP contribution < -0.4 is 5.32 Å². The van der Waals surface area contributed by atoms with Crippen LogP contribution in [0, 0.1) is 0 Å². The quantitative estimate of drug-likeness (QED) is 0.709. The van der Waals surface area contributed by atoms with Crippen LogP contribution in [0.2, 0.25) is 0 Å². The summed E-state index contributed by atoms with van der Waals surface area (Å²) in [6, 6.07) is 0.721. The smallest absolute Gasteiger partial charge is 0.0809 e. The van der Waals surface area contributed by atoms with Gasteiger partial charge in [0.25, 0.3) is 0 Å². The molecule has 3 nitrogen and oxygen atoms in total. The molecule has 2 saturated heterocycles. The van der Waals surface area contributed by atoms with E-state index in [2.05, 4.69) is 24.0 Å². The standard InChI is InChI=1S/C13H25NO2S/c1-11-13(5-9-17-11)14-6-3-7-15-10-12-4-2-8-16-12/h11-14H,2-10H2,1H3. The van der Waals surface area contributed by atoms with Gasteiger partial charge in [-0.25, -0.2) is 0 Å². The molecule has 17 heavy (non-hydrogen) atoms. The van der Waals surface area contributed by atoms with Gasteiger partial charge in [-0.05, 0) is 38.0 Å². The van der Waals surface area contributed by atoms with Crippen LogP contribution in [-0.4, -0.2) is 49.5 Å². The molecule has 3 unspecified atom stereocenters. The van der Waals surface area contributed by atoms with Crippen LogP contribution in [-0.2, 0) is 9.47 Å². The summed E-state index contributed by atoms with van der Waals surface area (Å²) in [6.45, 7) is 5.98. The minimum absolute atomic E-state index is 0.370. The molecule has 0 radical (unpaired) electrons. The van der Waals surface area contributed by atoms with Crippen LogP contribution in [0.4, 0.5) is 0 Å². The van der Waals surface area contributed by atoms with Gasteiger partial charge in [-0.3, -0.25) is 0 Å². The highest BCUT2D eigenvalue weighted by atomic mass is 32.2. The molecule has 0 aromatic rings. The van der Waals surface area contributed by atoms with Gasteiger partial charge >= 0.3 is 0 Å². The van der Waals surface area contributed by atoms with Crippen LogP contribution in [0.5, 0.6) is 0 Å². The Balaban J connectivity index is 1.41. The maximum absolute atomic E-state index is 5.64. The molecule has 2 aliphatic rings. The summed E-state index contributed by atoms with van der Waals surface area (Å²) < 4.78 is 11.2. The summed E-state index contributed by atoms with van der Waals surface area (Å²) in [5, 5.41) is 4.41. The average Bonchev–Trinajstić information content (AvgIpc) is 2.95. The fourth-order valence-corrected chi connectivity index (χ4v) is 3.68. The number of thioether (sulfide) groups is 1. The van der Waals surface area contributed by atoms with Gasteiger partial charge in [-0.1, -0.05) is 6.92 Å². The number of rotatable bonds is 7. The third-order valence-corrected chi connectivity index (χ3v) is 4.90. The zero-order chi connectivity index (χ0) is 11.9. The van der Waals surface area contributed by atoms with E-state index in [4.69, 9.17) is 9.47 Å². The third kappa shape index (κ3) is 4.78. The third-order valence-electron chi connectivity index (χ3n) is 3.58. The van der Waals surface area contributed by atoms with Gasteiger partial charge in [0, 0.05) is 24.5 Å². The normalized spacial score (nSPS) is 33.4. The first-order chi connectivity index (χ1) is 8.36. The molecule has 2 fully saturated rings. The van der Waals surface area contributed by atoms with Gasteiger partial charge in [-0.15, -0.1) is 0 Å². The summed E-state index contributed by atoms with van der Waals surface area (Å²) >= 11 is 2.08. The van der Waals surface area contributed by atoms with Crippen molar-refractivity contribution in [3.8, 4) is 0 Å². The highest BCUT2D eigenvalue weighted by Gasteiger charge is 2.22. The minimum Gasteiger partial charge on any atom is -0.379 e. The fourth-order valence-electron chi connectivity index (χ4n) is 2.45. The molecule has 0 spiro atoms. The number of nitrogens with one attached hydrogen (secondary N) is 1. The first kappa shape index (κ1) is 13.7. The van der Waals surface area contributed by atoms with Crippen molar-refractivity contribution >= 4 is 11.8 Å². The summed E-state index contributed by atoms with van der Waals surface area (Å²) in [5.74, 6) is 1.31. The molecule has 2 rings (SSSR count). The van der Waals surface area contributed by atoms with Crippen LogP contribution in [0.15, 0.2) is 0 Å². The first-order valence-electron chi connectivity index (χ1n) is 6.90. The maximum Gasteiger partial charge on any atom is 0.0809 e. The van der Waals surface area contributed by atoms with Crippen molar-refractivity contribution in [2.24, 2.45) is 0 Å². The minimum atomic E-state index is 0.370. The van der Waals surface area contributed by atoms with E-state index in [-0.39, 0.29) is 0 Å². The van der Waals surface area contributed by atoms with Crippen LogP contribution in [0.25, 0.3) is 0 Å². The second-order valence-electron chi connectivity index (χ2n) is 4.99. The van der Waals surface area contributed by atoms with Crippen molar-refractivity contribution in [2.45, 2.75) is 50.0 Å². The molecule has 4 heteroatoms. The van der Waals surface area contributed by atoms with E-state index in [1.807, 2.05) is 0 Å².